The van der Waals surface area contributed by atoms with Crippen molar-refractivity contribution in [2.24, 2.45) is 0 Å². The van der Waals surface area contributed by atoms with Crippen LogP contribution in [-0.2, 0) is 0 Å². The summed E-state index contributed by atoms with van der Waals surface area (Å²) in [4.78, 5) is 0. The summed E-state index contributed by atoms with van der Waals surface area (Å²) in [5.74, 6) is 0. The van der Waals surface area contributed by atoms with Crippen molar-refractivity contribution in [1.82, 2.24) is 0 Å². The van der Waals surface area contributed by atoms with E-state index in [2.05, 4.69) is 13.8 Å². The van der Waals surface area contributed by atoms with Crippen LogP contribution in [0.15, 0.2) is 0 Å². The van der Waals surface area contributed by atoms with Crippen LogP contribution in [0.3, 0.4) is 0 Å². The van der Waals surface area contributed by atoms with E-state index in [1.807, 2.05) is 0 Å². The zero-order valence-corrected chi connectivity index (χ0v) is 19.2. The first-order valence-corrected chi connectivity index (χ1v) is 12.8. The number of hydroxylamine groups is 2. The van der Waals surface area contributed by atoms with Gasteiger partial charge in [-0.15, -0.1) is 0 Å². The van der Waals surface area contributed by atoms with Gasteiger partial charge in [-0.3, -0.25) is 0 Å². The van der Waals surface area contributed by atoms with Gasteiger partial charge in [0.1, 0.15) is 0 Å². The lowest BCUT2D eigenvalue weighted by molar-refractivity contribution is -0.848. The topological polar surface area (TPSA) is 27.5 Å². The molecule has 1 N–H and O–H groups in total. The molecule has 0 spiro atoms. The first kappa shape index (κ1) is 26.9. The van der Waals surface area contributed by atoms with Crippen LogP contribution in [-0.4, -0.2) is 13.1 Å². The number of rotatable bonds is 23. The molecule has 2 heteroatoms. The third-order valence-corrected chi connectivity index (χ3v) is 5.84. The number of hydrogen-bond acceptors (Lipinski definition) is 1. The molecule has 0 aromatic rings. The van der Waals surface area contributed by atoms with Crippen molar-refractivity contribution < 1.29 is 5.06 Å². The molecule has 164 valence electrons. The van der Waals surface area contributed by atoms with Gasteiger partial charge in [0.05, 0.1) is 13.1 Å². The molecule has 0 saturated heterocycles. The van der Waals surface area contributed by atoms with Crippen LogP contribution in [0.25, 0.3) is 0 Å². The summed E-state index contributed by atoms with van der Waals surface area (Å²) in [7, 11) is 0. The molecule has 0 aliphatic heterocycles. The molecule has 1 atom stereocenters. The highest BCUT2D eigenvalue weighted by Gasteiger charge is 1.97. The third kappa shape index (κ3) is 23.9. The average molecular weight is 384 g/mol. The fraction of sp³-hybridized carbons (Fsp3) is 1.00. The lowest BCUT2D eigenvalue weighted by Gasteiger charge is -2.21. The van der Waals surface area contributed by atoms with Crippen LogP contribution in [0.2, 0.25) is 0 Å². The second-order valence-corrected chi connectivity index (χ2v) is 8.76. The summed E-state index contributed by atoms with van der Waals surface area (Å²) < 4.78 is 0. The highest BCUT2D eigenvalue weighted by molar-refractivity contribution is 4.50. The van der Waals surface area contributed by atoms with E-state index >= 15 is 0 Å². The largest absolute Gasteiger partial charge is 0.634 e. The summed E-state index contributed by atoms with van der Waals surface area (Å²) in [5.41, 5.74) is 0. The minimum Gasteiger partial charge on any atom is -0.634 e. The van der Waals surface area contributed by atoms with E-state index in [0.29, 0.717) is 5.06 Å². The van der Waals surface area contributed by atoms with Gasteiger partial charge >= 0.3 is 0 Å². The Bertz CT molecular complexity index is 257. The molecule has 0 fully saturated rings. The predicted molar refractivity (Wildman–Crippen MR) is 122 cm³/mol. The standard InChI is InChI=1S/C25H53NO/c1-3-5-6-7-8-9-10-11-12-13-14-15-16-17-18-19-20-21-22-23-25-26(27)24-4-2/h26H,3-25H2,1-2H3. The molecule has 0 saturated carbocycles. The van der Waals surface area contributed by atoms with Crippen molar-refractivity contribution in [2.75, 3.05) is 13.1 Å². The fourth-order valence-corrected chi connectivity index (χ4v) is 3.98. The average Bonchev–Trinajstić information content (AvgIpc) is 2.66. The zero-order chi connectivity index (χ0) is 19.8. The Hall–Kier alpha value is -0.0800. The van der Waals surface area contributed by atoms with Crippen LogP contribution in [0, 0.1) is 5.21 Å². The van der Waals surface area contributed by atoms with Crippen LogP contribution >= 0.6 is 0 Å². The van der Waals surface area contributed by atoms with E-state index in [-0.39, 0.29) is 0 Å². The third-order valence-electron chi connectivity index (χ3n) is 5.84. The number of nitrogens with one attached hydrogen (secondary N) is 1. The van der Waals surface area contributed by atoms with Crippen molar-refractivity contribution in [1.29, 1.82) is 0 Å². The number of unbranched alkanes of at least 4 members (excludes halogenated alkanes) is 19. The lowest BCUT2D eigenvalue weighted by atomic mass is 10.0. The van der Waals surface area contributed by atoms with Gasteiger partial charge < -0.3 is 10.3 Å². The predicted octanol–water partition coefficient (Wildman–Crippen LogP) is 7.60. The maximum absolute atomic E-state index is 11.4. The maximum Gasteiger partial charge on any atom is 0.0768 e. The smallest absolute Gasteiger partial charge is 0.0768 e. The monoisotopic (exact) mass is 383 g/mol. The quantitative estimate of drug-likeness (QED) is 0.143. The number of quaternary nitrogens is 1. The van der Waals surface area contributed by atoms with E-state index in [9.17, 15) is 5.21 Å². The Morgan fingerprint density at radius 1 is 0.370 bits per heavy atom. The Kier molecular flexibility index (Phi) is 23.9. The summed E-state index contributed by atoms with van der Waals surface area (Å²) in [6.45, 7) is 6.00. The van der Waals surface area contributed by atoms with Crippen LogP contribution in [0.5, 0.6) is 0 Å². The zero-order valence-electron chi connectivity index (χ0n) is 19.2. The van der Waals surface area contributed by atoms with Gasteiger partial charge in [0, 0.05) is 0 Å². The Morgan fingerprint density at radius 3 is 0.963 bits per heavy atom. The molecule has 0 amide bonds. The van der Waals surface area contributed by atoms with Gasteiger partial charge in [0.2, 0.25) is 0 Å². The summed E-state index contributed by atoms with van der Waals surface area (Å²) in [6.07, 6.45) is 29.3. The Labute approximate surface area is 172 Å². The minimum absolute atomic E-state index is 0.472. The first-order valence-electron chi connectivity index (χ1n) is 12.8. The normalized spacial score (nSPS) is 12.6. The SMILES string of the molecule is CCCCCCCCCCCCCCCCCCCCCC[NH+]([O-])CCC. The van der Waals surface area contributed by atoms with Crippen molar-refractivity contribution >= 4 is 0 Å². The molecular weight excluding hydrogens is 330 g/mol. The van der Waals surface area contributed by atoms with Crippen LogP contribution < -0.4 is 5.06 Å². The van der Waals surface area contributed by atoms with Gasteiger partial charge in [-0.25, -0.2) is 0 Å². The minimum atomic E-state index is 0.472. The van der Waals surface area contributed by atoms with Crippen LogP contribution in [0.4, 0.5) is 0 Å². The van der Waals surface area contributed by atoms with E-state index in [0.717, 1.165) is 25.9 Å². The second kappa shape index (κ2) is 24.0. The molecule has 0 aliphatic carbocycles. The van der Waals surface area contributed by atoms with Crippen LogP contribution in [0.1, 0.15) is 149 Å². The van der Waals surface area contributed by atoms with Crippen molar-refractivity contribution in [3.05, 3.63) is 5.21 Å². The van der Waals surface area contributed by atoms with Crippen molar-refractivity contribution in [3.63, 3.8) is 0 Å². The molecule has 1 unspecified atom stereocenters. The molecular formula is C25H53NO. The van der Waals surface area contributed by atoms with E-state index in [1.165, 1.54) is 122 Å². The van der Waals surface area contributed by atoms with Crippen molar-refractivity contribution in [2.45, 2.75) is 149 Å². The van der Waals surface area contributed by atoms with E-state index in [1.54, 1.807) is 0 Å². The molecule has 0 aromatic heterocycles. The van der Waals surface area contributed by atoms with Gasteiger partial charge in [0.15, 0.2) is 0 Å². The molecule has 0 aliphatic rings. The Morgan fingerprint density at radius 2 is 0.667 bits per heavy atom. The molecule has 0 aromatic carbocycles. The molecule has 0 bridgehead atoms. The van der Waals surface area contributed by atoms with Crippen molar-refractivity contribution in [3.8, 4) is 0 Å². The summed E-state index contributed by atoms with van der Waals surface area (Å²) in [6, 6.07) is 0. The molecule has 0 heterocycles. The molecule has 0 radical (unpaired) electrons. The van der Waals surface area contributed by atoms with Gasteiger partial charge in [0.25, 0.3) is 0 Å². The first-order chi connectivity index (χ1) is 13.3. The molecule has 0 rings (SSSR count). The summed E-state index contributed by atoms with van der Waals surface area (Å²) >= 11 is 0. The van der Waals surface area contributed by atoms with E-state index in [4.69, 9.17) is 0 Å². The Balaban J connectivity index is 3.01. The van der Waals surface area contributed by atoms with E-state index < -0.39 is 0 Å². The summed E-state index contributed by atoms with van der Waals surface area (Å²) in [5, 5.41) is 11.9. The maximum atomic E-state index is 11.4. The van der Waals surface area contributed by atoms with Gasteiger partial charge in [-0.05, 0) is 19.3 Å². The van der Waals surface area contributed by atoms with Gasteiger partial charge in [-0.2, -0.15) is 0 Å². The van der Waals surface area contributed by atoms with Gasteiger partial charge in [-0.1, -0.05) is 129 Å². The second-order valence-electron chi connectivity index (χ2n) is 8.76. The highest BCUT2D eigenvalue weighted by Crippen LogP contribution is 2.14. The number of hydrogen-bond donors (Lipinski definition) is 1. The molecule has 2 nitrogen and oxygen atoms in total. The molecule has 27 heavy (non-hydrogen) atoms. The fourth-order valence-electron chi connectivity index (χ4n) is 3.98. The lowest BCUT2D eigenvalue weighted by Crippen LogP contribution is -3.07. The highest BCUT2D eigenvalue weighted by atomic mass is 16.5.